The zero-order valence-electron chi connectivity index (χ0n) is 10.6. The number of hydrogen-bond donors (Lipinski definition) is 2. The van der Waals surface area contributed by atoms with Crippen LogP contribution < -0.4 is 10.1 Å². The first-order valence-electron chi connectivity index (χ1n) is 5.78. The molecule has 2 rings (SSSR count). The third-order valence-electron chi connectivity index (χ3n) is 3.15. The second kappa shape index (κ2) is 4.80. The lowest BCUT2D eigenvalue weighted by atomic mass is 10.1. The number of carboxylic acid groups (broad SMARTS) is 1. The van der Waals surface area contributed by atoms with Gasteiger partial charge >= 0.3 is 11.7 Å². The molecule has 1 aliphatic carbocycles. The van der Waals surface area contributed by atoms with Crippen LogP contribution in [0.5, 0.6) is 5.75 Å². The van der Waals surface area contributed by atoms with Crippen LogP contribution in [0, 0.1) is 10.1 Å². The lowest BCUT2D eigenvalue weighted by Crippen LogP contribution is -2.43. The Kier molecular flexibility index (Phi) is 3.31. The summed E-state index contributed by atoms with van der Waals surface area (Å²) in [6.45, 7) is 0. The fraction of sp³-hybridized carbons (Fsp3) is 0.333. The van der Waals surface area contributed by atoms with Crippen LogP contribution in [0.3, 0.4) is 0 Å². The molecule has 1 amide bonds. The number of nitro benzene ring substituents is 1. The minimum Gasteiger partial charge on any atom is -0.490 e. The van der Waals surface area contributed by atoms with Crippen LogP contribution in [0.2, 0.25) is 0 Å². The van der Waals surface area contributed by atoms with Gasteiger partial charge in [0.15, 0.2) is 5.75 Å². The molecule has 0 radical (unpaired) electrons. The monoisotopic (exact) mass is 280 g/mol. The van der Waals surface area contributed by atoms with Crippen molar-refractivity contribution >= 4 is 17.6 Å². The summed E-state index contributed by atoms with van der Waals surface area (Å²) in [6, 6.07) is 3.62. The number of hydrogen-bond acceptors (Lipinski definition) is 5. The summed E-state index contributed by atoms with van der Waals surface area (Å²) in [6.07, 6.45) is 0.746. The molecule has 1 aromatic rings. The number of carbonyl (C=O) groups is 2. The molecule has 1 saturated carbocycles. The lowest BCUT2D eigenvalue weighted by Gasteiger charge is -2.12. The Labute approximate surface area is 113 Å². The average molecular weight is 280 g/mol. The van der Waals surface area contributed by atoms with Crippen LogP contribution in [-0.4, -0.2) is 34.6 Å². The van der Waals surface area contributed by atoms with E-state index in [1.807, 2.05) is 0 Å². The van der Waals surface area contributed by atoms with Crippen LogP contribution in [0.4, 0.5) is 5.69 Å². The van der Waals surface area contributed by atoms with Crippen LogP contribution in [0.25, 0.3) is 0 Å². The zero-order chi connectivity index (χ0) is 14.9. The molecule has 0 aromatic heterocycles. The van der Waals surface area contributed by atoms with Gasteiger partial charge in [-0.2, -0.15) is 0 Å². The summed E-state index contributed by atoms with van der Waals surface area (Å²) in [5.74, 6) is -1.74. The molecule has 1 aliphatic rings. The highest BCUT2D eigenvalue weighted by molar-refractivity contribution is 5.99. The van der Waals surface area contributed by atoms with Gasteiger partial charge in [-0.05, 0) is 18.9 Å². The maximum atomic E-state index is 12.0. The van der Waals surface area contributed by atoms with Crippen molar-refractivity contribution in [1.82, 2.24) is 5.32 Å². The van der Waals surface area contributed by atoms with Gasteiger partial charge < -0.3 is 15.2 Å². The van der Waals surface area contributed by atoms with Crippen molar-refractivity contribution in [3.8, 4) is 5.75 Å². The molecule has 20 heavy (non-hydrogen) atoms. The largest absolute Gasteiger partial charge is 0.490 e. The molecular formula is C12H12N2O6. The minimum atomic E-state index is -1.20. The number of amides is 1. The Morgan fingerprint density at radius 2 is 2.10 bits per heavy atom. The standard InChI is InChI=1S/C12H12N2O6/c1-20-9-6-7(2-3-8(9)14(18)19)10(15)13-12(4-5-12)11(16)17/h2-3,6H,4-5H2,1H3,(H,13,15)(H,16,17). The highest BCUT2D eigenvalue weighted by Gasteiger charge is 2.51. The summed E-state index contributed by atoms with van der Waals surface area (Å²) < 4.78 is 4.85. The first-order chi connectivity index (χ1) is 9.39. The molecule has 0 atom stereocenters. The van der Waals surface area contributed by atoms with E-state index in [-0.39, 0.29) is 17.0 Å². The minimum absolute atomic E-state index is 0.0529. The first-order valence-corrected chi connectivity index (χ1v) is 5.78. The van der Waals surface area contributed by atoms with Gasteiger partial charge in [0.05, 0.1) is 12.0 Å². The van der Waals surface area contributed by atoms with Crippen molar-refractivity contribution in [1.29, 1.82) is 0 Å². The number of benzene rings is 1. The molecule has 0 saturated heterocycles. The smallest absolute Gasteiger partial charge is 0.329 e. The molecule has 8 heteroatoms. The highest BCUT2D eigenvalue weighted by atomic mass is 16.6. The van der Waals surface area contributed by atoms with Gasteiger partial charge in [0, 0.05) is 17.7 Å². The quantitative estimate of drug-likeness (QED) is 0.612. The summed E-state index contributed by atoms with van der Waals surface area (Å²) >= 11 is 0. The van der Waals surface area contributed by atoms with Crippen LogP contribution in [0.1, 0.15) is 23.2 Å². The predicted octanol–water partition coefficient (Wildman–Crippen LogP) is 0.950. The van der Waals surface area contributed by atoms with E-state index in [0.29, 0.717) is 12.8 Å². The molecule has 1 aromatic carbocycles. The Balaban J connectivity index is 2.23. The van der Waals surface area contributed by atoms with Crippen molar-refractivity contribution < 1.29 is 24.4 Å². The number of ether oxygens (including phenoxy) is 1. The van der Waals surface area contributed by atoms with E-state index in [0.717, 1.165) is 6.07 Å². The van der Waals surface area contributed by atoms with E-state index < -0.39 is 22.3 Å². The van der Waals surface area contributed by atoms with Gasteiger partial charge in [-0.3, -0.25) is 14.9 Å². The Morgan fingerprint density at radius 1 is 1.45 bits per heavy atom. The van der Waals surface area contributed by atoms with E-state index >= 15 is 0 Å². The van der Waals surface area contributed by atoms with Crippen molar-refractivity contribution in [3.05, 3.63) is 33.9 Å². The molecule has 0 spiro atoms. The Hall–Kier alpha value is -2.64. The number of aliphatic carboxylic acids is 1. The molecule has 2 N–H and O–H groups in total. The number of nitrogens with one attached hydrogen (secondary N) is 1. The van der Waals surface area contributed by atoms with E-state index in [9.17, 15) is 19.7 Å². The van der Waals surface area contributed by atoms with Crippen LogP contribution in [-0.2, 0) is 4.79 Å². The number of carboxylic acids is 1. The Bertz CT molecular complexity index is 594. The second-order valence-corrected chi connectivity index (χ2v) is 4.49. The van der Waals surface area contributed by atoms with Crippen molar-refractivity contribution in [2.45, 2.75) is 18.4 Å². The fourth-order valence-corrected chi connectivity index (χ4v) is 1.78. The normalized spacial score (nSPS) is 15.2. The maximum Gasteiger partial charge on any atom is 0.329 e. The van der Waals surface area contributed by atoms with Gasteiger partial charge in [0.1, 0.15) is 5.54 Å². The second-order valence-electron chi connectivity index (χ2n) is 4.49. The van der Waals surface area contributed by atoms with Crippen LogP contribution >= 0.6 is 0 Å². The SMILES string of the molecule is COc1cc(C(=O)NC2(C(=O)O)CC2)ccc1[N+](=O)[O-]. The number of nitrogens with zero attached hydrogens (tertiary/aromatic N) is 1. The maximum absolute atomic E-state index is 12.0. The van der Waals surface area contributed by atoms with E-state index in [1.165, 1.54) is 19.2 Å². The van der Waals surface area contributed by atoms with Gasteiger partial charge in [-0.15, -0.1) is 0 Å². The summed E-state index contributed by atoms with van der Waals surface area (Å²) in [4.78, 5) is 33.1. The fourth-order valence-electron chi connectivity index (χ4n) is 1.78. The summed E-state index contributed by atoms with van der Waals surface area (Å²) in [5, 5.41) is 22.1. The van der Waals surface area contributed by atoms with E-state index in [1.54, 1.807) is 0 Å². The number of rotatable bonds is 5. The lowest BCUT2D eigenvalue weighted by molar-refractivity contribution is -0.385. The predicted molar refractivity (Wildman–Crippen MR) is 66.7 cm³/mol. The van der Waals surface area contributed by atoms with Crippen molar-refractivity contribution in [2.75, 3.05) is 7.11 Å². The third-order valence-corrected chi connectivity index (χ3v) is 3.15. The van der Waals surface area contributed by atoms with Gasteiger partial charge in [-0.1, -0.05) is 0 Å². The molecule has 8 nitrogen and oxygen atoms in total. The molecule has 0 unspecified atom stereocenters. The first kappa shape index (κ1) is 13.8. The number of methoxy groups -OCH3 is 1. The summed E-state index contributed by atoms with van der Waals surface area (Å²) in [7, 11) is 1.25. The topological polar surface area (TPSA) is 119 Å². The van der Waals surface area contributed by atoms with Crippen molar-refractivity contribution in [3.63, 3.8) is 0 Å². The van der Waals surface area contributed by atoms with Gasteiger partial charge in [0.2, 0.25) is 0 Å². The van der Waals surface area contributed by atoms with E-state index in [2.05, 4.69) is 5.32 Å². The summed E-state index contributed by atoms with van der Waals surface area (Å²) in [5.41, 5.74) is -1.35. The molecular weight excluding hydrogens is 268 g/mol. The third kappa shape index (κ3) is 2.40. The number of nitro groups is 1. The van der Waals surface area contributed by atoms with Gasteiger partial charge in [-0.25, -0.2) is 4.79 Å². The van der Waals surface area contributed by atoms with E-state index in [4.69, 9.17) is 9.84 Å². The highest BCUT2D eigenvalue weighted by Crippen LogP contribution is 2.36. The van der Waals surface area contributed by atoms with Crippen LogP contribution in [0.15, 0.2) is 18.2 Å². The average Bonchev–Trinajstić information content (AvgIpc) is 3.18. The molecule has 0 aliphatic heterocycles. The molecule has 106 valence electrons. The zero-order valence-corrected chi connectivity index (χ0v) is 10.6. The molecule has 0 heterocycles. The molecule has 0 bridgehead atoms. The molecule has 1 fully saturated rings. The van der Waals surface area contributed by atoms with Gasteiger partial charge in [0.25, 0.3) is 5.91 Å². The van der Waals surface area contributed by atoms with Crippen molar-refractivity contribution in [2.24, 2.45) is 0 Å². The number of carbonyl (C=O) groups excluding carboxylic acids is 1. The Morgan fingerprint density at radius 3 is 2.55 bits per heavy atom.